The lowest BCUT2D eigenvalue weighted by Gasteiger charge is -1.93. The second-order valence-corrected chi connectivity index (χ2v) is 3.86. The lowest BCUT2D eigenvalue weighted by atomic mass is 10.1. The minimum absolute atomic E-state index is 0.00685. The highest BCUT2D eigenvalue weighted by atomic mass is 35.5. The molecular formula is C12H5ClF2O. The van der Waals surface area contributed by atoms with Crippen molar-refractivity contribution in [3.8, 4) is 0 Å². The van der Waals surface area contributed by atoms with Crippen LogP contribution in [-0.2, 0) is 0 Å². The molecule has 0 bridgehead atoms. The normalized spacial score (nSPS) is 11.4. The van der Waals surface area contributed by atoms with E-state index >= 15 is 0 Å². The van der Waals surface area contributed by atoms with E-state index in [1.165, 1.54) is 12.1 Å². The van der Waals surface area contributed by atoms with E-state index in [1.54, 1.807) is 18.2 Å². The molecule has 0 radical (unpaired) electrons. The van der Waals surface area contributed by atoms with Crippen molar-refractivity contribution in [2.24, 2.45) is 0 Å². The first-order valence-electron chi connectivity index (χ1n) is 4.63. The number of furan rings is 1. The minimum Gasteiger partial charge on any atom is -0.450 e. The summed E-state index contributed by atoms with van der Waals surface area (Å²) >= 11 is 5.63. The van der Waals surface area contributed by atoms with Gasteiger partial charge in [-0.05, 0) is 18.2 Å². The van der Waals surface area contributed by atoms with Crippen molar-refractivity contribution in [2.75, 3.05) is 0 Å². The quantitative estimate of drug-likeness (QED) is 0.561. The topological polar surface area (TPSA) is 13.1 Å². The number of para-hydroxylation sites is 1. The molecule has 0 fully saturated rings. The standard InChI is InChI=1S/C12H5ClF2O/c13-8-5-4-7-6-2-1-3-9(14)11(6)16-12(7)10(8)15/h1-5H. The van der Waals surface area contributed by atoms with E-state index in [2.05, 4.69) is 0 Å². The molecule has 0 saturated heterocycles. The molecule has 0 aliphatic rings. The van der Waals surface area contributed by atoms with Gasteiger partial charge in [0.1, 0.15) is 0 Å². The van der Waals surface area contributed by atoms with Gasteiger partial charge in [-0.15, -0.1) is 0 Å². The highest BCUT2D eigenvalue weighted by Gasteiger charge is 2.15. The Morgan fingerprint density at radius 3 is 2.50 bits per heavy atom. The Morgan fingerprint density at radius 1 is 0.938 bits per heavy atom. The zero-order valence-corrected chi connectivity index (χ0v) is 8.68. The summed E-state index contributed by atoms with van der Waals surface area (Å²) in [7, 11) is 0. The van der Waals surface area contributed by atoms with E-state index < -0.39 is 11.6 Å². The molecule has 1 heterocycles. The van der Waals surface area contributed by atoms with Gasteiger partial charge in [0.25, 0.3) is 0 Å². The third kappa shape index (κ3) is 1.15. The molecule has 1 nitrogen and oxygen atoms in total. The van der Waals surface area contributed by atoms with Crippen LogP contribution in [0, 0.1) is 11.6 Å². The van der Waals surface area contributed by atoms with Crippen LogP contribution in [0.2, 0.25) is 5.02 Å². The Balaban J connectivity index is 2.60. The third-order valence-electron chi connectivity index (χ3n) is 2.51. The van der Waals surface area contributed by atoms with Gasteiger partial charge in [-0.2, -0.15) is 0 Å². The van der Waals surface area contributed by atoms with Crippen LogP contribution in [0.15, 0.2) is 34.7 Å². The molecule has 0 aliphatic carbocycles. The van der Waals surface area contributed by atoms with E-state index in [0.717, 1.165) is 0 Å². The summed E-state index contributed by atoms with van der Waals surface area (Å²) in [4.78, 5) is 0. The first-order chi connectivity index (χ1) is 7.68. The Kier molecular flexibility index (Phi) is 1.91. The molecule has 0 N–H and O–H groups in total. The smallest absolute Gasteiger partial charge is 0.184 e. The molecule has 16 heavy (non-hydrogen) atoms. The van der Waals surface area contributed by atoms with Crippen molar-refractivity contribution in [1.29, 1.82) is 0 Å². The van der Waals surface area contributed by atoms with Crippen LogP contribution >= 0.6 is 11.6 Å². The van der Waals surface area contributed by atoms with Crippen molar-refractivity contribution in [3.05, 3.63) is 47.0 Å². The van der Waals surface area contributed by atoms with Gasteiger partial charge >= 0.3 is 0 Å². The van der Waals surface area contributed by atoms with Gasteiger partial charge in [0.15, 0.2) is 22.8 Å². The molecule has 0 atom stereocenters. The van der Waals surface area contributed by atoms with E-state index in [-0.39, 0.29) is 16.2 Å². The van der Waals surface area contributed by atoms with E-state index in [1.807, 2.05) is 0 Å². The maximum Gasteiger partial charge on any atom is 0.184 e. The highest BCUT2D eigenvalue weighted by Crippen LogP contribution is 2.34. The summed E-state index contributed by atoms with van der Waals surface area (Å²) in [6, 6.07) is 7.55. The lowest BCUT2D eigenvalue weighted by Crippen LogP contribution is -1.76. The summed E-state index contributed by atoms with van der Waals surface area (Å²) in [6.07, 6.45) is 0. The monoisotopic (exact) mass is 238 g/mol. The van der Waals surface area contributed by atoms with Crippen molar-refractivity contribution in [2.45, 2.75) is 0 Å². The number of hydrogen-bond acceptors (Lipinski definition) is 1. The predicted octanol–water partition coefficient (Wildman–Crippen LogP) is 4.52. The number of fused-ring (bicyclic) bond motifs is 3. The molecular weight excluding hydrogens is 234 g/mol. The second-order valence-electron chi connectivity index (χ2n) is 3.46. The molecule has 2 aromatic carbocycles. The highest BCUT2D eigenvalue weighted by molar-refractivity contribution is 6.31. The average Bonchev–Trinajstić information content (AvgIpc) is 2.65. The predicted molar refractivity (Wildman–Crippen MR) is 58.6 cm³/mol. The zero-order valence-electron chi connectivity index (χ0n) is 7.93. The Morgan fingerprint density at radius 2 is 1.69 bits per heavy atom. The van der Waals surface area contributed by atoms with Crippen molar-refractivity contribution in [1.82, 2.24) is 0 Å². The molecule has 3 rings (SSSR count). The molecule has 4 heteroatoms. The Labute approximate surface area is 94.2 Å². The number of rotatable bonds is 0. The van der Waals surface area contributed by atoms with E-state index in [0.29, 0.717) is 10.8 Å². The Hall–Kier alpha value is -1.61. The minimum atomic E-state index is -0.658. The summed E-state index contributed by atoms with van der Waals surface area (Å²) in [5, 5.41) is 1.04. The molecule has 80 valence electrons. The second kappa shape index (κ2) is 3.19. The molecule has 0 amide bonds. The molecule has 3 aromatic rings. The average molecular weight is 239 g/mol. The van der Waals surface area contributed by atoms with Crippen LogP contribution in [-0.4, -0.2) is 0 Å². The lowest BCUT2D eigenvalue weighted by molar-refractivity contribution is 0.558. The molecule has 0 aliphatic heterocycles. The largest absolute Gasteiger partial charge is 0.450 e. The number of halogens is 3. The van der Waals surface area contributed by atoms with Gasteiger partial charge < -0.3 is 4.42 Å². The van der Waals surface area contributed by atoms with Crippen molar-refractivity contribution < 1.29 is 13.2 Å². The van der Waals surface area contributed by atoms with E-state index in [4.69, 9.17) is 16.0 Å². The molecule has 1 aromatic heterocycles. The van der Waals surface area contributed by atoms with Gasteiger partial charge in [-0.25, -0.2) is 8.78 Å². The first-order valence-corrected chi connectivity index (χ1v) is 5.01. The maximum atomic E-state index is 13.6. The summed E-state index contributed by atoms with van der Waals surface area (Å²) in [5.74, 6) is -1.17. The summed E-state index contributed by atoms with van der Waals surface area (Å²) in [6.45, 7) is 0. The van der Waals surface area contributed by atoms with E-state index in [9.17, 15) is 8.78 Å². The van der Waals surface area contributed by atoms with Gasteiger partial charge in [0, 0.05) is 10.8 Å². The van der Waals surface area contributed by atoms with Crippen molar-refractivity contribution in [3.63, 3.8) is 0 Å². The van der Waals surface area contributed by atoms with Crippen LogP contribution < -0.4 is 0 Å². The molecule has 0 spiro atoms. The maximum absolute atomic E-state index is 13.6. The SMILES string of the molecule is Fc1cccc2c1oc1c(F)c(Cl)ccc12. The fourth-order valence-electron chi connectivity index (χ4n) is 1.77. The first kappa shape index (κ1) is 9.60. The van der Waals surface area contributed by atoms with Gasteiger partial charge in [-0.3, -0.25) is 0 Å². The number of hydrogen-bond donors (Lipinski definition) is 0. The zero-order chi connectivity index (χ0) is 11.3. The fraction of sp³-hybridized carbons (Fsp3) is 0. The van der Waals surface area contributed by atoms with Gasteiger partial charge in [-0.1, -0.05) is 23.7 Å². The van der Waals surface area contributed by atoms with Crippen LogP contribution in [0.3, 0.4) is 0 Å². The molecule has 0 saturated carbocycles. The molecule has 0 unspecified atom stereocenters. The van der Waals surface area contributed by atoms with Crippen LogP contribution in [0.25, 0.3) is 21.9 Å². The van der Waals surface area contributed by atoms with Crippen LogP contribution in [0.1, 0.15) is 0 Å². The third-order valence-corrected chi connectivity index (χ3v) is 2.80. The summed E-state index contributed by atoms with van der Waals surface area (Å²) in [5.41, 5.74) is 0.0475. The van der Waals surface area contributed by atoms with Crippen LogP contribution in [0.5, 0.6) is 0 Å². The van der Waals surface area contributed by atoms with Gasteiger partial charge in [0.2, 0.25) is 0 Å². The van der Waals surface area contributed by atoms with Gasteiger partial charge in [0.05, 0.1) is 5.02 Å². The summed E-state index contributed by atoms with van der Waals surface area (Å²) < 4.78 is 32.2. The fourth-order valence-corrected chi connectivity index (χ4v) is 1.92. The van der Waals surface area contributed by atoms with Crippen LogP contribution in [0.4, 0.5) is 8.78 Å². The Bertz CT molecular complexity index is 703. The van der Waals surface area contributed by atoms with Crippen molar-refractivity contribution >= 4 is 33.5 Å². The number of benzene rings is 2.